The molecule has 94 valence electrons. The number of nitrogens with two attached hydrogens (primary N) is 1. The minimum Gasteiger partial charge on any atom is -0.397 e. The first-order chi connectivity index (χ1) is 7.81. The zero-order valence-corrected chi connectivity index (χ0v) is 10.4. The molecule has 1 unspecified atom stereocenters. The van der Waals surface area contributed by atoms with Crippen LogP contribution in [0.25, 0.3) is 0 Å². The smallest absolute Gasteiger partial charge is 0.226 e. The number of carbonyl (C=O) groups is 1. The Morgan fingerprint density at radius 1 is 1.59 bits per heavy atom. The summed E-state index contributed by atoms with van der Waals surface area (Å²) < 4.78 is 0. The van der Waals surface area contributed by atoms with Crippen molar-refractivity contribution < 1.29 is 9.90 Å². The Kier molecular flexibility index (Phi) is 4.07. The van der Waals surface area contributed by atoms with Crippen molar-refractivity contribution in [1.29, 1.82) is 0 Å². The van der Waals surface area contributed by atoms with Gasteiger partial charge in [-0.05, 0) is 32.9 Å². The van der Waals surface area contributed by atoms with Crippen LogP contribution in [0.4, 0.5) is 5.69 Å². The fourth-order valence-electron chi connectivity index (χ4n) is 1.21. The molecule has 0 radical (unpaired) electrons. The predicted octanol–water partition coefficient (Wildman–Crippen LogP) is 0.482. The largest absolute Gasteiger partial charge is 0.397 e. The van der Waals surface area contributed by atoms with E-state index in [2.05, 4.69) is 10.3 Å². The van der Waals surface area contributed by atoms with Crippen LogP contribution in [0.15, 0.2) is 18.3 Å². The molecule has 1 aromatic heterocycles. The number of hydrogen-bond donors (Lipinski definition) is 3. The lowest BCUT2D eigenvalue weighted by molar-refractivity contribution is -0.123. The molecule has 0 saturated carbocycles. The van der Waals surface area contributed by atoms with Gasteiger partial charge in [-0.3, -0.25) is 9.78 Å². The highest BCUT2D eigenvalue weighted by Crippen LogP contribution is 2.09. The van der Waals surface area contributed by atoms with Crippen LogP contribution >= 0.6 is 0 Å². The monoisotopic (exact) mass is 237 g/mol. The van der Waals surface area contributed by atoms with Crippen molar-refractivity contribution in [2.24, 2.45) is 0 Å². The van der Waals surface area contributed by atoms with Crippen LogP contribution in [0.3, 0.4) is 0 Å². The van der Waals surface area contributed by atoms with Crippen molar-refractivity contribution >= 4 is 11.6 Å². The maximum atomic E-state index is 11.7. The highest BCUT2D eigenvalue weighted by molar-refractivity contribution is 5.79. The first kappa shape index (κ1) is 13.4. The number of aromatic nitrogens is 1. The van der Waals surface area contributed by atoms with Crippen LogP contribution in [-0.4, -0.2) is 27.6 Å². The third kappa shape index (κ3) is 4.03. The molecule has 1 atom stereocenters. The molecule has 0 aromatic carbocycles. The van der Waals surface area contributed by atoms with Gasteiger partial charge in [0.05, 0.1) is 29.9 Å². The molecule has 0 saturated heterocycles. The SMILES string of the molecule is CC(O)C(C)(C)NC(=O)Cc1ccc(N)cn1. The van der Waals surface area contributed by atoms with Crippen molar-refractivity contribution in [3.05, 3.63) is 24.0 Å². The zero-order valence-electron chi connectivity index (χ0n) is 10.4. The normalized spacial score (nSPS) is 13.2. The minimum atomic E-state index is -0.648. The van der Waals surface area contributed by atoms with Gasteiger partial charge >= 0.3 is 0 Å². The van der Waals surface area contributed by atoms with Gasteiger partial charge in [-0.15, -0.1) is 0 Å². The molecule has 0 fully saturated rings. The van der Waals surface area contributed by atoms with E-state index in [1.807, 2.05) is 0 Å². The zero-order chi connectivity index (χ0) is 13.1. The number of amides is 1. The van der Waals surface area contributed by atoms with Gasteiger partial charge in [-0.2, -0.15) is 0 Å². The van der Waals surface area contributed by atoms with Gasteiger partial charge in [-0.1, -0.05) is 0 Å². The van der Waals surface area contributed by atoms with E-state index in [0.717, 1.165) is 0 Å². The average molecular weight is 237 g/mol. The summed E-state index contributed by atoms with van der Waals surface area (Å²) >= 11 is 0. The number of hydrogen-bond acceptors (Lipinski definition) is 4. The Balaban J connectivity index is 2.59. The number of rotatable bonds is 4. The number of nitrogen functional groups attached to an aromatic ring is 1. The molecule has 0 spiro atoms. The molecule has 1 aromatic rings. The summed E-state index contributed by atoms with van der Waals surface area (Å²) in [5.41, 5.74) is 6.07. The molecular formula is C12H19N3O2. The van der Waals surface area contributed by atoms with E-state index < -0.39 is 11.6 Å². The quantitative estimate of drug-likeness (QED) is 0.710. The Morgan fingerprint density at radius 2 is 2.24 bits per heavy atom. The van der Waals surface area contributed by atoms with Crippen molar-refractivity contribution in [1.82, 2.24) is 10.3 Å². The summed E-state index contributed by atoms with van der Waals surface area (Å²) in [5, 5.41) is 12.2. The third-order valence-electron chi connectivity index (χ3n) is 2.70. The summed E-state index contributed by atoms with van der Waals surface area (Å²) in [7, 11) is 0. The Hall–Kier alpha value is -1.62. The van der Waals surface area contributed by atoms with Crippen molar-refractivity contribution in [2.45, 2.75) is 38.8 Å². The van der Waals surface area contributed by atoms with Gasteiger partial charge in [0, 0.05) is 5.69 Å². The molecule has 4 N–H and O–H groups in total. The summed E-state index contributed by atoms with van der Waals surface area (Å²) in [6.45, 7) is 5.18. The number of pyridine rings is 1. The number of aliphatic hydroxyl groups excluding tert-OH is 1. The predicted molar refractivity (Wildman–Crippen MR) is 66.3 cm³/mol. The average Bonchev–Trinajstić information content (AvgIpc) is 2.20. The summed E-state index contributed by atoms with van der Waals surface area (Å²) in [4.78, 5) is 15.8. The number of carbonyl (C=O) groups excluding carboxylic acids is 1. The Labute approximate surface area is 101 Å². The Morgan fingerprint density at radius 3 is 2.71 bits per heavy atom. The first-order valence-corrected chi connectivity index (χ1v) is 5.51. The maximum absolute atomic E-state index is 11.7. The van der Waals surface area contributed by atoms with Crippen LogP contribution < -0.4 is 11.1 Å². The number of anilines is 1. The maximum Gasteiger partial charge on any atom is 0.226 e. The number of aliphatic hydroxyl groups is 1. The van der Waals surface area contributed by atoms with Gasteiger partial charge in [0.1, 0.15) is 0 Å². The highest BCUT2D eigenvalue weighted by Gasteiger charge is 2.25. The third-order valence-corrected chi connectivity index (χ3v) is 2.70. The molecule has 1 amide bonds. The lowest BCUT2D eigenvalue weighted by atomic mass is 9.98. The lowest BCUT2D eigenvalue weighted by Gasteiger charge is -2.29. The fourth-order valence-corrected chi connectivity index (χ4v) is 1.21. The lowest BCUT2D eigenvalue weighted by Crippen LogP contribution is -2.51. The van der Waals surface area contributed by atoms with Crippen LogP contribution in [0.2, 0.25) is 0 Å². The van der Waals surface area contributed by atoms with E-state index in [4.69, 9.17) is 5.73 Å². The van der Waals surface area contributed by atoms with E-state index in [-0.39, 0.29) is 12.3 Å². The molecule has 0 aliphatic heterocycles. The van der Waals surface area contributed by atoms with Crippen molar-refractivity contribution in [3.8, 4) is 0 Å². The second-order valence-corrected chi connectivity index (χ2v) is 4.71. The molecule has 0 bridgehead atoms. The van der Waals surface area contributed by atoms with Crippen LogP contribution in [0, 0.1) is 0 Å². The van der Waals surface area contributed by atoms with E-state index in [1.165, 1.54) is 6.20 Å². The molecule has 5 heteroatoms. The van der Waals surface area contributed by atoms with Gasteiger partial charge < -0.3 is 16.2 Å². The molecular weight excluding hydrogens is 218 g/mol. The van der Waals surface area contributed by atoms with Gasteiger partial charge in [0.15, 0.2) is 0 Å². The molecule has 1 heterocycles. The van der Waals surface area contributed by atoms with Gasteiger partial charge in [0.2, 0.25) is 5.91 Å². The highest BCUT2D eigenvalue weighted by atomic mass is 16.3. The van der Waals surface area contributed by atoms with E-state index in [1.54, 1.807) is 32.9 Å². The van der Waals surface area contributed by atoms with Crippen molar-refractivity contribution in [2.75, 3.05) is 5.73 Å². The molecule has 17 heavy (non-hydrogen) atoms. The Bertz CT molecular complexity index is 385. The van der Waals surface area contributed by atoms with Crippen LogP contribution in [0.5, 0.6) is 0 Å². The molecule has 0 aliphatic rings. The van der Waals surface area contributed by atoms with Crippen LogP contribution in [0.1, 0.15) is 26.5 Å². The topological polar surface area (TPSA) is 88.2 Å². The molecule has 1 rings (SSSR count). The van der Waals surface area contributed by atoms with E-state index in [0.29, 0.717) is 11.4 Å². The van der Waals surface area contributed by atoms with Crippen LogP contribution in [-0.2, 0) is 11.2 Å². The van der Waals surface area contributed by atoms with Crippen molar-refractivity contribution in [3.63, 3.8) is 0 Å². The van der Waals surface area contributed by atoms with E-state index >= 15 is 0 Å². The second kappa shape index (κ2) is 5.14. The standard InChI is InChI=1S/C12H19N3O2/c1-8(16)12(2,3)15-11(17)6-10-5-4-9(13)7-14-10/h4-5,7-8,16H,6,13H2,1-3H3,(H,15,17). The molecule has 0 aliphatic carbocycles. The summed E-state index contributed by atoms with van der Waals surface area (Å²) in [5.74, 6) is -0.173. The first-order valence-electron chi connectivity index (χ1n) is 5.51. The number of nitrogens with zero attached hydrogens (tertiary/aromatic N) is 1. The molecule has 5 nitrogen and oxygen atoms in total. The number of nitrogens with one attached hydrogen (secondary N) is 1. The second-order valence-electron chi connectivity index (χ2n) is 4.71. The minimum absolute atomic E-state index is 0.173. The summed E-state index contributed by atoms with van der Waals surface area (Å²) in [6, 6.07) is 3.42. The summed E-state index contributed by atoms with van der Waals surface area (Å²) in [6.07, 6.45) is 1.07. The van der Waals surface area contributed by atoms with Gasteiger partial charge in [-0.25, -0.2) is 0 Å². The fraction of sp³-hybridized carbons (Fsp3) is 0.500. The van der Waals surface area contributed by atoms with E-state index in [9.17, 15) is 9.90 Å². The van der Waals surface area contributed by atoms with Gasteiger partial charge in [0.25, 0.3) is 0 Å².